The standard InChI is InChI=1S/C25H16ClF3N2O6S3/c26-23-11-12-24(38-23)40(34,35)31-20-13-16(22-14-15-3-1-2-4-21(15)36-22)5-10-19(20)30-39(32,33)18-8-6-17(7-9-18)37-25(27,28)29/h1-14,30-31H. The third-order valence-electron chi connectivity index (χ3n) is 5.40. The summed E-state index contributed by atoms with van der Waals surface area (Å²) in [5, 5.41) is 0.801. The van der Waals surface area contributed by atoms with Gasteiger partial charge in [0.05, 0.1) is 20.6 Å². The number of fused-ring (bicyclic) bond motifs is 1. The van der Waals surface area contributed by atoms with Crippen LogP contribution in [0.4, 0.5) is 24.5 Å². The zero-order valence-corrected chi connectivity index (χ0v) is 23.0. The third-order valence-corrected chi connectivity index (χ3v) is 9.87. The maximum absolute atomic E-state index is 13.1. The Kier molecular flexibility index (Phi) is 7.20. The summed E-state index contributed by atoms with van der Waals surface area (Å²) in [5.41, 5.74) is 0.745. The Labute approximate surface area is 235 Å². The number of furan rings is 1. The van der Waals surface area contributed by atoms with Gasteiger partial charge in [-0.3, -0.25) is 9.44 Å². The lowest BCUT2D eigenvalue weighted by Crippen LogP contribution is -2.18. The number of alkyl halides is 3. The maximum Gasteiger partial charge on any atom is 0.573 e. The number of benzene rings is 3. The van der Waals surface area contributed by atoms with Crippen molar-refractivity contribution in [2.45, 2.75) is 15.5 Å². The number of halogens is 4. The van der Waals surface area contributed by atoms with Crippen LogP contribution in [0.1, 0.15) is 0 Å². The van der Waals surface area contributed by atoms with E-state index in [4.69, 9.17) is 16.0 Å². The Morgan fingerprint density at radius 2 is 1.50 bits per heavy atom. The monoisotopic (exact) mass is 628 g/mol. The second-order valence-corrected chi connectivity index (χ2v) is 13.5. The van der Waals surface area contributed by atoms with Crippen LogP contribution in [0.3, 0.4) is 0 Å². The predicted octanol–water partition coefficient (Wildman–Crippen LogP) is 7.31. The average molecular weight is 629 g/mol. The van der Waals surface area contributed by atoms with Gasteiger partial charge in [-0.1, -0.05) is 29.8 Å². The van der Waals surface area contributed by atoms with Crippen LogP contribution >= 0.6 is 22.9 Å². The van der Waals surface area contributed by atoms with Gasteiger partial charge in [0.2, 0.25) is 0 Å². The number of hydrogen-bond acceptors (Lipinski definition) is 7. The largest absolute Gasteiger partial charge is 0.573 e. The summed E-state index contributed by atoms with van der Waals surface area (Å²) in [7, 11) is -8.56. The molecule has 0 aliphatic carbocycles. The molecule has 0 bridgehead atoms. The van der Waals surface area contributed by atoms with Gasteiger partial charge in [-0.05, 0) is 66.7 Å². The van der Waals surface area contributed by atoms with Crippen LogP contribution in [0, 0.1) is 0 Å². The second kappa shape index (κ2) is 10.4. The van der Waals surface area contributed by atoms with Gasteiger partial charge in [0.15, 0.2) is 0 Å². The molecule has 0 unspecified atom stereocenters. The lowest BCUT2D eigenvalue weighted by atomic mass is 10.1. The number of anilines is 2. The SMILES string of the molecule is O=S(=O)(Nc1ccc(-c2cc3ccccc3o2)cc1NS(=O)(=O)c1ccc(Cl)s1)c1ccc(OC(F)(F)F)cc1. The molecular weight excluding hydrogens is 613 g/mol. The summed E-state index contributed by atoms with van der Waals surface area (Å²) in [6.45, 7) is 0. The lowest BCUT2D eigenvalue weighted by Gasteiger charge is -2.16. The average Bonchev–Trinajstić information content (AvgIpc) is 3.51. The molecule has 0 aliphatic heterocycles. The van der Waals surface area contributed by atoms with E-state index in [1.165, 1.54) is 30.3 Å². The number of ether oxygens (including phenoxy) is 1. The number of para-hydroxylation sites is 1. The van der Waals surface area contributed by atoms with Crippen molar-refractivity contribution in [1.29, 1.82) is 0 Å². The highest BCUT2D eigenvalue weighted by atomic mass is 35.5. The minimum atomic E-state index is -4.95. The molecule has 0 fully saturated rings. The smallest absolute Gasteiger partial charge is 0.456 e. The van der Waals surface area contributed by atoms with E-state index in [1.807, 2.05) is 12.1 Å². The quantitative estimate of drug-likeness (QED) is 0.186. The summed E-state index contributed by atoms with van der Waals surface area (Å²) >= 11 is 6.70. The highest BCUT2D eigenvalue weighted by Crippen LogP contribution is 2.36. The molecule has 2 N–H and O–H groups in total. The molecular formula is C25H16ClF3N2O6S3. The van der Waals surface area contributed by atoms with E-state index >= 15 is 0 Å². The van der Waals surface area contributed by atoms with Gasteiger partial charge in [-0.2, -0.15) is 0 Å². The van der Waals surface area contributed by atoms with Crippen molar-refractivity contribution >= 4 is 65.3 Å². The van der Waals surface area contributed by atoms with Gasteiger partial charge < -0.3 is 9.15 Å². The lowest BCUT2D eigenvalue weighted by molar-refractivity contribution is -0.274. The highest BCUT2D eigenvalue weighted by molar-refractivity contribution is 7.94. The van der Waals surface area contributed by atoms with Crippen LogP contribution in [0.5, 0.6) is 5.75 Å². The first kappa shape index (κ1) is 27.8. The Morgan fingerprint density at radius 3 is 2.15 bits per heavy atom. The van der Waals surface area contributed by atoms with Crippen LogP contribution in [-0.2, 0) is 20.0 Å². The zero-order chi connectivity index (χ0) is 28.7. The first-order valence-corrected chi connectivity index (χ1v) is 15.2. The number of hydrogen-bond donors (Lipinski definition) is 2. The molecule has 15 heteroatoms. The van der Waals surface area contributed by atoms with E-state index in [-0.39, 0.29) is 24.8 Å². The van der Waals surface area contributed by atoms with Gasteiger partial charge in [-0.25, -0.2) is 16.8 Å². The van der Waals surface area contributed by atoms with E-state index in [9.17, 15) is 30.0 Å². The summed E-state index contributed by atoms with van der Waals surface area (Å²) in [6.07, 6.45) is -4.95. The van der Waals surface area contributed by atoms with Crippen LogP contribution in [0.25, 0.3) is 22.3 Å². The Hall–Kier alpha value is -3.72. The Balaban J connectivity index is 1.52. The maximum atomic E-state index is 13.1. The molecule has 0 saturated heterocycles. The van der Waals surface area contributed by atoms with Crippen molar-refractivity contribution in [1.82, 2.24) is 0 Å². The van der Waals surface area contributed by atoms with Crippen molar-refractivity contribution in [3.63, 3.8) is 0 Å². The predicted molar refractivity (Wildman–Crippen MR) is 146 cm³/mol. The van der Waals surface area contributed by atoms with E-state index in [0.29, 0.717) is 16.9 Å². The Morgan fingerprint density at radius 1 is 0.800 bits per heavy atom. The molecule has 0 atom stereocenters. The van der Waals surface area contributed by atoms with Gasteiger partial charge in [0.1, 0.15) is 21.3 Å². The van der Waals surface area contributed by atoms with Gasteiger partial charge in [0.25, 0.3) is 20.0 Å². The molecule has 5 rings (SSSR count). The molecule has 40 heavy (non-hydrogen) atoms. The minimum Gasteiger partial charge on any atom is -0.456 e. The van der Waals surface area contributed by atoms with Crippen LogP contribution in [-0.4, -0.2) is 23.2 Å². The fourth-order valence-corrected chi connectivity index (χ4v) is 7.29. The molecule has 2 heterocycles. The van der Waals surface area contributed by atoms with E-state index in [2.05, 4.69) is 14.2 Å². The fourth-order valence-electron chi connectivity index (χ4n) is 3.66. The molecule has 5 aromatic rings. The van der Waals surface area contributed by atoms with Crippen LogP contribution < -0.4 is 14.2 Å². The number of thiophene rings is 1. The van der Waals surface area contributed by atoms with Crippen LogP contribution in [0.15, 0.2) is 98.5 Å². The van der Waals surface area contributed by atoms with E-state index in [1.54, 1.807) is 18.2 Å². The molecule has 8 nitrogen and oxygen atoms in total. The molecule has 0 spiro atoms. The summed E-state index contributed by atoms with van der Waals surface area (Å²) in [6, 6.07) is 19.4. The second-order valence-electron chi connectivity index (χ2n) is 8.20. The summed E-state index contributed by atoms with van der Waals surface area (Å²) < 4.78 is 104. The molecule has 0 aliphatic rings. The van der Waals surface area contributed by atoms with Crippen molar-refractivity contribution in [2.24, 2.45) is 0 Å². The summed E-state index contributed by atoms with van der Waals surface area (Å²) in [4.78, 5) is -0.387. The summed E-state index contributed by atoms with van der Waals surface area (Å²) in [5.74, 6) is -0.208. The highest BCUT2D eigenvalue weighted by Gasteiger charge is 2.31. The van der Waals surface area contributed by atoms with E-state index < -0.39 is 32.2 Å². The van der Waals surface area contributed by atoms with Crippen molar-refractivity contribution in [3.8, 4) is 17.1 Å². The number of rotatable bonds is 8. The molecule has 208 valence electrons. The Bertz CT molecular complexity index is 1890. The molecule has 3 aromatic carbocycles. The molecule has 0 amide bonds. The number of sulfonamides is 2. The van der Waals surface area contributed by atoms with Crippen molar-refractivity contribution < 1.29 is 39.2 Å². The molecule has 2 aromatic heterocycles. The minimum absolute atomic E-state index is 0.110. The van der Waals surface area contributed by atoms with E-state index in [0.717, 1.165) is 41.0 Å². The van der Waals surface area contributed by atoms with Gasteiger partial charge in [0, 0.05) is 10.9 Å². The van der Waals surface area contributed by atoms with Gasteiger partial charge >= 0.3 is 6.36 Å². The topological polar surface area (TPSA) is 115 Å². The van der Waals surface area contributed by atoms with Crippen molar-refractivity contribution in [3.05, 3.63) is 89.3 Å². The fraction of sp³-hybridized carbons (Fsp3) is 0.0400. The zero-order valence-electron chi connectivity index (χ0n) is 19.8. The van der Waals surface area contributed by atoms with Crippen molar-refractivity contribution in [2.75, 3.05) is 9.44 Å². The third kappa shape index (κ3) is 6.20. The first-order valence-electron chi connectivity index (χ1n) is 11.1. The van der Waals surface area contributed by atoms with Gasteiger partial charge in [-0.15, -0.1) is 24.5 Å². The molecule has 0 saturated carbocycles. The molecule has 0 radical (unpaired) electrons. The normalized spacial score (nSPS) is 12.4. The number of nitrogens with one attached hydrogen (secondary N) is 2. The first-order chi connectivity index (χ1) is 18.8. The van der Waals surface area contributed by atoms with Crippen LogP contribution in [0.2, 0.25) is 4.34 Å².